The van der Waals surface area contributed by atoms with E-state index in [1.54, 1.807) is 0 Å². The van der Waals surface area contributed by atoms with Gasteiger partial charge in [-0.05, 0) is 18.3 Å². The van der Waals surface area contributed by atoms with Gasteiger partial charge in [0.2, 0.25) is 11.8 Å². The maximum absolute atomic E-state index is 12.8. The summed E-state index contributed by atoms with van der Waals surface area (Å²) in [5, 5.41) is 2.94. The van der Waals surface area contributed by atoms with Crippen LogP contribution in [0.3, 0.4) is 0 Å². The van der Waals surface area contributed by atoms with E-state index in [9.17, 15) is 9.59 Å². The molecule has 0 aromatic carbocycles. The zero-order chi connectivity index (χ0) is 16.0. The molecule has 0 radical (unpaired) electrons. The molecular weight excluding hydrogens is 264 g/mol. The van der Waals surface area contributed by atoms with Gasteiger partial charge in [-0.15, -0.1) is 0 Å². The minimum Gasteiger partial charge on any atom is -0.342 e. The van der Waals surface area contributed by atoms with Crippen LogP contribution in [-0.4, -0.2) is 35.3 Å². The molecule has 1 rings (SSSR count). The maximum Gasteiger partial charge on any atom is 0.246 e. The van der Waals surface area contributed by atoms with Gasteiger partial charge in [-0.25, -0.2) is 0 Å². The first kappa shape index (κ1) is 18.0. The maximum atomic E-state index is 12.8. The fraction of sp³-hybridized carbons (Fsp3) is 0.882. The zero-order valence-corrected chi connectivity index (χ0v) is 14.4. The minimum atomic E-state index is -0.399. The van der Waals surface area contributed by atoms with E-state index in [-0.39, 0.29) is 23.3 Å². The highest BCUT2D eigenvalue weighted by Gasteiger charge is 2.44. The van der Waals surface area contributed by atoms with Crippen LogP contribution in [0, 0.1) is 5.41 Å². The Labute approximate surface area is 129 Å². The number of hydrogen-bond donors (Lipinski definition) is 1. The quantitative estimate of drug-likeness (QED) is 0.734. The van der Waals surface area contributed by atoms with E-state index in [1.807, 2.05) is 25.7 Å². The summed E-state index contributed by atoms with van der Waals surface area (Å²) in [7, 11) is 0. The van der Waals surface area contributed by atoms with Crippen molar-refractivity contribution in [2.24, 2.45) is 5.41 Å². The molecule has 0 aromatic heterocycles. The van der Waals surface area contributed by atoms with E-state index in [0.29, 0.717) is 6.54 Å². The van der Waals surface area contributed by atoms with Gasteiger partial charge in [0.15, 0.2) is 0 Å². The van der Waals surface area contributed by atoms with Crippen molar-refractivity contribution in [1.82, 2.24) is 10.2 Å². The molecule has 1 saturated heterocycles. The summed E-state index contributed by atoms with van der Waals surface area (Å²) >= 11 is 0. The number of amides is 2. The summed E-state index contributed by atoms with van der Waals surface area (Å²) in [6, 6.07) is -0.674. The van der Waals surface area contributed by atoms with E-state index in [4.69, 9.17) is 0 Å². The number of hydrogen-bond acceptors (Lipinski definition) is 2. The SMILES string of the molecule is CCCCCCN1C(=O)C(C(C)(C)C)NC(=O)C1CCC. The molecule has 2 atom stereocenters. The smallest absolute Gasteiger partial charge is 0.246 e. The van der Waals surface area contributed by atoms with E-state index in [2.05, 4.69) is 19.2 Å². The molecule has 1 fully saturated rings. The van der Waals surface area contributed by atoms with Crippen LogP contribution in [0.1, 0.15) is 73.1 Å². The summed E-state index contributed by atoms with van der Waals surface area (Å²) in [6.07, 6.45) is 6.15. The van der Waals surface area contributed by atoms with Gasteiger partial charge in [-0.3, -0.25) is 9.59 Å². The number of unbranched alkanes of at least 4 members (excludes halogenated alkanes) is 3. The van der Waals surface area contributed by atoms with Crippen molar-refractivity contribution >= 4 is 11.8 Å². The van der Waals surface area contributed by atoms with Crippen LogP contribution in [0.25, 0.3) is 0 Å². The first-order valence-corrected chi connectivity index (χ1v) is 8.43. The lowest BCUT2D eigenvalue weighted by Crippen LogP contribution is -2.66. The van der Waals surface area contributed by atoms with Crippen molar-refractivity contribution in [3.05, 3.63) is 0 Å². The molecule has 21 heavy (non-hydrogen) atoms. The van der Waals surface area contributed by atoms with E-state index < -0.39 is 6.04 Å². The molecule has 0 spiro atoms. The van der Waals surface area contributed by atoms with E-state index in [0.717, 1.165) is 25.7 Å². The van der Waals surface area contributed by atoms with Gasteiger partial charge in [0.1, 0.15) is 12.1 Å². The average molecular weight is 296 g/mol. The average Bonchev–Trinajstić information content (AvgIpc) is 2.40. The van der Waals surface area contributed by atoms with Gasteiger partial charge in [0.05, 0.1) is 0 Å². The molecule has 2 unspecified atom stereocenters. The summed E-state index contributed by atoms with van der Waals surface area (Å²) in [5.41, 5.74) is -0.244. The summed E-state index contributed by atoms with van der Waals surface area (Å²) < 4.78 is 0. The summed E-state index contributed by atoms with van der Waals surface area (Å²) in [4.78, 5) is 27.0. The minimum absolute atomic E-state index is 0.0202. The van der Waals surface area contributed by atoms with Crippen LogP contribution < -0.4 is 5.32 Å². The van der Waals surface area contributed by atoms with Crippen molar-refractivity contribution in [2.45, 2.75) is 85.2 Å². The molecule has 122 valence electrons. The third-order valence-corrected chi connectivity index (χ3v) is 4.18. The second kappa shape index (κ2) is 7.81. The van der Waals surface area contributed by atoms with E-state index >= 15 is 0 Å². The molecular formula is C17H32N2O2. The number of carbonyl (C=O) groups excluding carboxylic acids is 2. The molecule has 0 bridgehead atoms. The molecule has 1 aliphatic rings. The third-order valence-electron chi connectivity index (χ3n) is 4.18. The molecule has 1 N–H and O–H groups in total. The standard InChI is InChI=1S/C17H32N2O2/c1-6-8-9-10-12-19-13(11-7-2)15(20)18-14(16(19)21)17(3,4)5/h13-14H,6-12H2,1-5H3,(H,18,20). The highest BCUT2D eigenvalue weighted by Crippen LogP contribution is 2.26. The van der Waals surface area contributed by atoms with Crippen molar-refractivity contribution in [3.8, 4) is 0 Å². The summed E-state index contributed by atoms with van der Waals surface area (Å²) in [6.45, 7) is 11.0. The fourth-order valence-corrected chi connectivity index (χ4v) is 2.88. The fourth-order valence-electron chi connectivity index (χ4n) is 2.88. The first-order chi connectivity index (χ1) is 9.82. The highest BCUT2D eigenvalue weighted by molar-refractivity contribution is 5.97. The Hall–Kier alpha value is -1.06. The number of nitrogens with one attached hydrogen (secondary N) is 1. The normalized spacial score (nSPS) is 23.4. The molecule has 4 heteroatoms. The number of nitrogens with zero attached hydrogens (tertiary/aromatic N) is 1. The van der Waals surface area contributed by atoms with Crippen LogP contribution in [0.4, 0.5) is 0 Å². The predicted molar refractivity (Wildman–Crippen MR) is 85.9 cm³/mol. The molecule has 4 nitrogen and oxygen atoms in total. The Morgan fingerprint density at radius 3 is 2.24 bits per heavy atom. The zero-order valence-electron chi connectivity index (χ0n) is 14.4. The number of piperazine rings is 1. The van der Waals surface area contributed by atoms with Gasteiger partial charge in [0.25, 0.3) is 0 Å². The van der Waals surface area contributed by atoms with Crippen LogP contribution in [-0.2, 0) is 9.59 Å². The topological polar surface area (TPSA) is 49.4 Å². The Balaban J connectivity index is 2.82. The highest BCUT2D eigenvalue weighted by atomic mass is 16.2. The first-order valence-electron chi connectivity index (χ1n) is 8.43. The predicted octanol–water partition coefficient (Wildman–Crippen LogP) is 3.11. The number of carbonyl (C=O) groups is 2. The van der Waals surface area contributed by atoms with Crippen LogP contribution >= 0.6 is 0 Å². The largest absolute Gasteiger partial charge is 0.342 e. The summed E-state index contributed by atoms with van der Waals surface area (Å²) in [5.74, 6) is 0.115. The molecule has 1 aliphatic heterocycles. The Kier molecular flexibility index (Phi) is 6.69. The van der Waals surface area contributed by atoms with E-state index in [1.165, 1.54) is 12.8 Å². The van der Waals surface area contributed by atoms with Gasteiger partial charge in [-0.2, -0.15) is 0 Å². The van der Waals surface area contributed by atoms with Crippen molar-refractivity contribution in [2.75, 3.05) is 6.54 Å². The Bertz CT molecular complexity index is 360. The molecule has 0 aromatic rings. The van der Waals surface area contributed by atoms with Crippen molar-refractivity contribution in [3.63, 3.8) is 0 Å². The monoisotopic (exact) mass is 296 g/mol. The second-order valence-corrected chi connectivity index (χ2v) is 7.20. The Morgan fingerprint density at radius 2 is 1.71 bits per heavy atom. The lowest BCUT2D eigenvalue weighted by atomic mass is 9.83. The lowest BCUT2D eigenvalue weighted by molar-refractivity contribution is -0.152. The third kappa shape index (κ3) is 4.72. The van der Waals surface area contributed by atoms with Crippen molar-refractivity contribution < 1.29 is 9.59 Å². The van der Waals surface area contributed by atoms with Crippen molar-refractivity contribution in [1.29, 1.82) is 0 Å². The second-order valence-electron chi connectivity index (χ2n) is 7.20. The van der Waals surface area contributed by atoms with Gasteiger partial charge >= 0.3 is 0 Å². The molecule has 1 heterocycles. The molecule has 0 aliphatic carbocycles. The Morgan fingerprint density at radius 1 is 1.05 bits per heavy atom. The van der Waals surface area contributed by atoms with Crippen LogP contribution in [0.15, 0.2) is 0 Å². The van der Waals surface area contributed by atoms with Gasteiger partial charge in [-0.1, -0.05) is 60.3 Å². The van der Waals surface area contributed by atoms with Gasteiger partial charge in [0, 0.05) is 6.54 Å². The number of rotatable bonds is 7. The van der Waals surface area contributed by atoms with Crippen LogP contribution in [0.5, 0.6) is 0 Å². The molecule has 0 saturated carbocycles. The van der Waals surface area contributed by atoms with Gasteiger partial charge < -0.3 is 10.2 Å². The van der Waals surface area contributed by atoms with Crippen LogP contribution in [0.2, 0.25) is 0 Å². The molecule has 2 amide bonds. The lowest BCUT2D eigenvalue weighted by Gasteiger charge is -2.43.